The zero-order valence-corrected chi connectivity index (χ0v) is 55.0. The minimum Gasteiger partial charge on any atom is -0.479 e. The maximum atomic E-state index is 13.3. The number of carbonyl (C=O) groups is 4. The molecule has 0 bridgehead atoms. The van der Waals surface area contributed by atoms with Gasteiger partial charge in [0.15, 0.2) is 24.6 Å². The molecule has 496 valence electrons. The van der Waals surface area contributed by atoms with Gasteiger partial charge in [0, 0.05) is 19.3 Å². The van der Waals surface area contributed by atoms with E-state index in [0.29, 0.717) is 19.3 Å². The fourth-order valence-corrected chi connectivity index (χ4v) is 9.99. The number of hydrogen-bond acceptors (Lipinski definition) is 11. The van der Waals surface area contributed by atoms with E-state index in [1.807, 2.05) is 0 Å². The minimum atomic E-state index is -1.92. The molecule has 1 rings (SSSR count). The predicted octanol–water partition coefficient (Wildman–Crippen LogP) is 19.4. The van der Waals surface area contributed by atoms with Gasteiger partial charge >= 0.3 is 23.9 Å². The first kappa shape index (κ1) is 80.4. The zero-order chi connectivity index (χ0) is 63.1. The minimum absolute atomic E-state index is 0.0154. The van der Waals surface area contributed by atoms with Gasteiger partial charge in [-0.25, -0.2) is 4.79 Å². The van der Waals surface area contributed by atoms with Crippen molar-refractivity contribution in [3.63, 3.8) is 0 Å². The van der Waals surface area contributed by atoms with Crippen molar-refractivity contribution in [1.82, 2.24) is 0 Å². The number of unbranched alkanes of at least 4 members (excludes halogenated alkanes) is 27. The number of ether oxygens (including phenoxy) is 5. The zero-order valence-electron chi connectivity index (χ0n) is 55.0. The first-order valence-electron chi connectivity index (χ1n) is 34.9. The lowest BCUT2D eigenvalue weighted by Crippen LogP contribution is -2.61. The summed E-state index contributed by atoms with van der Waals surface area (Å²) in [7, 11) is 0. The van der Waals surface area contributed by atoms with E-state index >= 15 is 0 Å². The number of carboxylic acid groups (broad SMARTS) is 1. The van der Waals surface area contributed by atoms with Crippen LogP contribution in [0.25, 0.3) is 0 Å². The monoisotopic (exact) mass is 1220 g/mol. The lowest BCUT2D eigenvalue weighted by Gasteiger charge is -2.40. The number of aliphatic carboxylic acids is 1. The topological polar surface area (TPSA) is 175 Å². The molecule has 0 radical (unpaired) electrons. The summed E-state index contributed by atoms with van der Waals surface area (Å²) in [5.41, 5.74) is 0. The summed E-state index contributed by atoms with van der Waals surface area (Å²) in [5, 5.41) is 31.7. The van der Waals surface area contributed by atoms with Crippen LogP contribution in [0.3, 0.4) is 0 Å². The van der Waals surface area contributed by atoms with Crippen molar-refractivity contribution in [3.8, 4) is 0 Å². The molecule has 3 N–H and O–H groups in total. The molecule has 1 saturated heterocycles. The smallest absolute Gasteiger partial charge is 0.335 e. The summed E-state index contributed by atoms with van der Waals surface area (Å²) in [5.74, 6) is -3.18. The molecule has 12 heteroatoms. The molecule has 0 aliphatic carbocycles. The fraction of sp³-hybridized carbons (Fsp3) is 0.707. The number of rotatable bonds is 59. The van der Waals surface area contributed by atoms with Crippen LogP contribution in [0.1, 0.15) is 290 Å². The molecule has 6 atom stereocenters. The van der Waals surface area contributed by atoms with E-state index in [2.05, 4.69) is 130 Å². The van der Waals surface area contributed by atoms with Crippen molar-refractivity contribution >= 4 is 23.9 Å². The standard InChI is InChI=1S/C75H124O12/c1-4-7-10-13-16-19-22-25-28-31-34-37-40-43-46-49-52-55-58-61-67(76)83-64-66(85-68(77)62-59-56-53-50-47-44-41-38-35-32-29-26-23-20-17-14-11-8-5-2)65-84-75-73(71(80)70(79)72(87-75)74(81)82)86-69(78)63-60-57-54-51-48-45-42-39-36-33-30-27-24-21-18-15-12-9-6-3/h9,12,16,18-19,21,25-30,34,36-37,39,45,48,66,70-73,75,79-80H,4-8,10-11,13-15,17,20,22-24,31-33,35,38,40-44,46-47,49-65H2,1-3H3,(H,81,82)/b12-9-,19-16-,21-18-,28-25-,29-26-,30-27-,37-34-,39-36-,48-45-. The number of aliphatic hydroxyl groups excluding tert-OH is 2. The van der Waals surface area contributed by atoms with Crippen LogP contribution in [0, 0.1) is 0 Å². The van der Waals surface area contributed by atoms with Crippen LogP contribution in [-0.4, -0.2) is 89.2 Å². The summed E-state index contributed by atoms with van der Waals surface area (Å²) in [6.45, 7) is 5.86. The van der Waals surface area contributed by atoms with Crippen LogP contribution in [0.2, 0.25) is 0 Å². The van der Waals surface area contributed by atoms with E-state index in [1.54, 1.807) is 0 Å². The van der Waals surface area contributed by atoms with Crippen LogP contribution >= 0.6 is 0 Å². The summed E-state index contributed by atoms with van der Waals surface area (Å²) >= 11 is 0. The third-order valence-corrected chi connectivity index (χ3v) is 15.3. The van der Waals surface area contributed by atoms with Gasteiger partial charge < -0.3 is 39.0 Å². The van der Waals surface area contributed by atoms with Crippen molar-refractivity contribution in [2.75, 3.05) is 13.2 Å². The second kappa shape index (κ2) is 61.6. The maximum absolute atomic E-state index is 13.3. The van der Waals surface area contributed by atoms with Gasteiger partial charge in [-0.05, 0) is 128 Å². The number of aliphatic hydroxyl groups is 2. The lowest BCUT2D eigenvalue weighted by atomic mass is 9.98. The Labute approximate surface area is 529 Å². The Morgan fingerprint density at radius 3 is 1.15 bits per heavy atom. The average Bonchev–Trinajstić information content (AvgIpc) is 2.60. The quantitative estimate of drug-likeness (QED) is 0.0228. The third-order valence-electron chi connectivity index (χ3n) is 15.3. The summed E-state index contributed by atoms with van der Waals surface area (Å²) in [4.78, 5) is 51.5. The predicted molar refractivity (Wildman–Crippen MR) is 358 cm³/mol. The second-order valence-corrected chi connectivity index (χ2v) is 23.4. The third kappa shape index (κ3) is 50.9. The fourth-order valence-electron chi connectivity index (χ4n) is 9.99. The van der Waals surface area contributed by atoms with Gasteiger partial charge in [0.2, 0.25) is 0 Å². The number of allylic oxidation sites excluding steroid dienone is 18. The van der Waals surface area contributed by atoms with Crippen LogP contribution in [0.5, 0.6) is 0 Å². The molecule has 12 nitrogen and oxygen atoms in total. The van der Waals surface area contributed by atoms with Crippen LogP contribution < -0.4 is 0 Å². The SMILES string of the molecule is CC/C=C\C/C=C\C/C=C\C/C=C\C/C=C\CCCCCC(=O)OC1C(OCC(COC(=O)CCCCCCCC/C=C\C/C=C\C/C=C\CCCCC)OC(=O)CCCCCCCCCCC/C=C\CCCCCCCC)OC(C(=O)O)C(O)C1O. The van der Waals surface area contributed by atoms with Gasteiger partial charge in [-0.3, -0.25) is 14.4 Å². The molecule has 1 fully saturated rings. The van der Waals surface area contributed by atoms with E-state index in [-0.39, 0.29) is 25.9 Å². The summed E-state index contributed by atoms with van der Waals surface area (Å²) in [6, 6.07) is 0. The Kier molecular flexibility index (Phi) is 56.9. The summed E-state index contributed by atoms with van der Waals surface area (Å²) < 4.78 is 28.6. The molecule has 0 saturated carbocycles. The van der Waals surface area contributed by atoms with Gasteiger partial charge in [0.1, 0.15) is 18.8 Å². The highest BCUT2D eigenvalue weighted by Crippen LogP contribution is 2.27. The van der Waals surface area contributed by atoms with Gasteiger partial charge in [-0.15, -0.1) is 0 Å². The molecule has 0 aromatic carbocycles. The Balaban J connectivity index is 2.68. The normalized spacial score (nSPS) is 18.0. The largest absolute Gasteiger partial charge is 0.479 e. The van der Waals surface area contributed by atoms with Gasteiger partial charge in [0.25, 0.3) is 0 Å². The molecule has 6 unspecified atom stereocenters. The Morgan fingerprint density at radius 2 is 0.724 bits per heavy atom. The van der Waals surface area contributed by atoms with Crippen molar-refractivity contribution in [3.05, 3.63) is 109 Å². The molecule has 1 aliphatic rings. The van der Waals surface area contributed by atoms with Gasteiger partial charge in [-0.1, -0.05) is 252 Å². The van der Waals surface area contributed by atoms with Crippen molar-refractivity contribution in [2.24, 2.45) is 0 Å². The van der Waals surface area contributed by atoms with E-state index in [9.17, 15) is 34.5 Å². The molecule has 0 aromatic rings. The van der Waals surface area contributed by atoms with Crippen LogP contribution in [-0.2, 0) is 42.9 Å². The molecule has 0 amide bonds. The Hall–Kier alpha value is -4.62. The number of carbonyl (C=O) groups excluding carboxylic acids is 3. The second-order valence-electron chi connectivity index (χ2n) is 23.4. The van der Waals surface area contributed by atoms with Crippen LogP contribution in [0.15, 0.2) is 109 Å². The highest BCUT2D eigenvalue weighted by atomic mass is 16.7. The first-order chi connectivity index (χ1) is 42.6. The van der Waals surface area contributed by atoms with E-state index < -0.39 is 67.3 Å². The lowest BCUT2D eigenvalue weighted by molar-refractivity contribution is -0.301. The van der Waals surface area contributed by atoms with E-state index in [0.717, 1.165) is 135 Å². The van der Waals surface area contributed by atoms with Gasteiger partial charge in [0.05, 0.1) is 6.61 Å². The maximum Gasteiger partial charge on any atom is 0.335 e. The van der Waals surface area contributed by atoms with E-state index in [1.165, 1.54) is 96.3 Å². The van der Waals surface area contributed by atoms with Gasteiger partial charge in [-0.2, -0.15) is 0 Å². The first-order valence-corrected chi connectivity index (χ1v) is 34.9. The Bertz CT molecular complexity index is 1930. The molecule has 0 aromatic heterocycles. The van der Waals surface area contributed by atoms with E-state index in [4.69, 9.17) is 23.7 Å². The molecule has 0 spiro atoms. The van der Waals surface area contributed by atoms with Crippen molar-refractivity contribution in [2.45, 2.75) is 327 Å². The average molecular weight is 1220 g/mol. The molecule has 1 heterocycles. The Morgan fingerprint density at radius 1 is 0.391 bits per heavy atom. The highest BCUT2D eigenvalue weighted by molar-refractivity contribution is 5.74. The number of esters is 3. The van der Waals surface area contributed by atoms with Crippen molar-refractivity contribution in [1.29, 1.82) is 0 Å². The summed E-state index contributed by atoms with van der Waals surface area (Å²) in [6.07, 6.45) is 71.8. The molecular weight excluding hydrogens is 1090 g/mol. The van der Waals surface area contributed by atoms with Crippen LogP contribution in [0.4, 0.5) is 0 Å². The molecular formula is C75H124O12. The number of hydrogen-bond donors (Lipinski definition) is 3. The molecule has 87 heavy (non-hydrogen) atoms. The number of carboxylic acids is 1. The van der Waals surface area contributed by atoms with Crippen molar-refractivity contribution < 1.29 is 58.2 Å². The highest BCUT2D eigenvalue weighted by Gasteiger charge is 2.50. The molecule has 1 aliphatic heterocycles.